The molecule has 3 N–H and O–H groups in total. The smallest absolute Gasteiger partial charge is 0.472 e. The number of phosphoric ester groups is 1. The lowest BCUT2D eigenvalue weighted by Gasteiger charge is -2.16. The molecule has 13 heteroatoms. The molecule has 0 fully saturated rings. The van der Waals surface area contributed by atoms with Gasteiger partial charge in [0.15, 0.2) is 0 Å². The van der Waals surface area contributed by atoms with Gasteiger partial charge in [0.2, 0.25) is 0 Å². The number of carboxylic acid groups (broad SMARTS) is 1. The third-order valence-corrected chi connectivity index (χ3v) is 3.71. The van der Waals surface area contributed by atoms with Crippen molar-refractivity contribution in [3.63, 3.8) is 0 Å². The van der Waals surface area contributed by atoms with Gasteiger partial charge in [0, 0.05) is 38.6 Å². The monoisotopic (exact) mass is 573 g/mol. The van der Waals surface area contributed by atoms with Crippen molar-refractivity contribution in [1.82, 2.24) is 5.32 Å². The molecule has 0 spiro atoms. The fourth-order valence-corrected chi connectivity index (χ4v) is 2.01. The van der Waals surface area contributed by atoms with Crippen LogP contribution in [0.1, 0.15) is 54.4 Å². The number of hydrogen-bond acceptors (Lipinski definition) is 10. The SMILES string of the molecule is C#C.C#CC(C)(C)COCCC=O.CC.CC(=O)O.CNCCOP(=O)(O)OCCCOC(C)=O.CS. The molecular weight excluding hydrogens is 525 g/mol. The van der Waals surface area contributed by atoms with Gasteiger partial charge in [-0.3, -0.25) is 18.6 Å². The molecule has 0 aliphatic rings. The second kappa shape index (κ2) is 38.6. The van der Waals surface area contributed by atoms with Crippen LogP contribution in [-0.4, -0.2) is 81.1 Å². The maximum absolute atomic E-state index is 11.2. The van der Waals surface area contributed by atoms with Crippen molar-refractivity contribution in [2.75, 3.05) is 52.9 Å². The normalized spacial score (nSPS) is 10.5. The molecule has 220 valence electrons. The summed E-state index contributed by atoms with van der Waals surface area (Å²) in [6.07, 6.45) is 16.5. The van der Waals surface area contributed by atoms with Crippen LogP contribution in [0, 0.1) is 30.6 Å². The highest BCUT2D eigenvalue weighted by atomic mass is 32.1. The molecule has 0 heterocycles. The molecule has 11 nitrogen and oxygen atoms in total. The predicted molar refractivity (Wildman–Crippen MR) is 150 cm³/mol. The van der Waals surface area contributed by atoms with Crippen LogP contribution in [0.3, 0.4) is 0 Å². The van der Waals surface area contributed by atoms with Gasteiger partial charge >= 0.3 is 13.8 Å². The Bertz CT molecular complexity index is 618. The van der Waals surface area contributed by atoms with E-state index >= 15 is 0 Å². The van der Waals surface area contributed by atoms with E-state index in [1.807, 2.05) is 27.7 Å². The minimum atomic E-state index is -3.97. The van der Waals surface area contributed by atoms with E-state index in [0.717, 1.165) is 13.2 Å². The van der Waals surface area contributed by atoms with Crippen molar-refractivity contribution in [3.8, 4) is 25.2 Å². The summed E-state index contributed by atoms with van der Waals surface area (Å²) in [5.41, 5.74) is -0.219. The van der Waals surface area contributed by atoms with Crippen LogP contribution in [-0.2, 0) is 37.5 Å². The fourth-order valence-electron chi connectivity index (χ4n) is 1.26. The largest absolute Gasteiger partial charge is 0.481 e. The zero-order valence-corrected chi connectivity index (χ0v) is 25.3. The minimum Gasteiger partial charge on any atom is -0.481 e. The van der Waals surface area contributed by atoms with Gasteiger partial charge < -0.3 is 29.6 Å². The molecule has 0 saturated heterocycles. The predicted octanol–water partition coefficient (Wildman–Crippen LogP) is 3.46. The first-order valence-corrected chi connectivity index (χ1v) is 13.6. The molecule has 0 bridgehead atoms. The van der Waals surface area contributed by atoms with Gasteiger partial charge in [-0.25, -0.2) is 4.57 Å². The first-order valence-electron chi connectivity index (χ1n) is 11.2. The fraction of sp³-hybridized carbons (Fsp3) is 0.708. The number of rotatable bonds is 14. The average Bonchev–Trinajstić information content (AvgIpc) is 2.85. The number of phosphoric acid groups is 1. The molecule has 1 unspecified atom stereocenters. The van der Waals surface area contributed by atoms with E-state index < -0.39 is 19.8 Å². The highest BCUT2D eigenvalue weighted by Gasteiger charge is 2.19. The van der Waals surface area contributed by atoms with Crippen molar-refractivity contribution in [2.24, 2.45) is 5.41 Å². The van der Waals surface area contributed by atoms with Crippen LogP contribution in [0.2, 0.25) is 0 Å². The van der Waals surface area contributed by atoms with Gasteiger partial charge in [-0.1, -0.05) is 19.8 Å². The second-order valence-electron chi connectivity index (χ2n) is 6.49. The molecule has 0 amide bonds. The lowest BCUT2D eigenvalue weighted by atomic mass is 9.97. The van der Waals surface area contributed by atoms with Crippen molar-refractivity contribution in [3.05, 3.63) is 0 Å². The third kappa shape index (κ3) is 65.9. The molecule has 1 atom stereocenters. The summed E-state index contributed by atoms with van der Waals surface area (Å²) >= 11 is 3.53. The van der Waals surface area contributed by atoms with E-state index in [1.54, 1.807) is 13.3 Å². The van der Waals surface area contributed by atoms with Crippen LogP contribution < -0.4 is 5.32 Å². The Morgan fingerprint density at radius 3 is 1.92 bits per heavy atom. The van der Waals surface area contributed by atoms with Gasteiger partial charge in [-0.2, -0.15) is 12.6 Å². The van der Waals surface area contributed by atoms with Crippen molar-refractivity contribution < 1.29 is 47.5 Å². The number of carbonyl (C=O) groups is 3. The van der Waals surface area contributed by atoms with Crippen molar-refractivity contribution >= 4 is 38.7 Å². The first-order chi connectivity index (χ1) is 17.3. The molecule has 0 rings (SSSR count). The molecule has 0 aromatic heterocycles. The summed E-state index contributed by atoms with van der Waals surface area (Å²) in [7, 11) is -2.27. The summed E-state index contributed by atoms with van der Waals surface area (Å²) in [6, 6.07) is 0. The van der Waals surface area contributed by atoms with Crippen LogP contribution in [0.25, 0.3) is 0 Å². The highest BCUT2D eigenvalue weighted by Crippen LogP contribution is 2.42. The summed E-state index contributed by atoms with van der Waals surface area (Å²) in [6.45, 7) is 11.9. The Labute approximate surface area is 229 Å². The zero-order chi connectivity index (χ0) is 30.8. The molecular formula is C24H48NO10PS. The number of terminal acetylenes is 2. The maximum atomic E-state index is 11.2. The quantitative estimate of drug-likeness (QED) is 0.0602. The van der Waals surface area contributed by atoms with Crippen LogP contribution >= 0.6 is 20.5 Å². The molecule has 0 saturated carbocycles. The van der Waals surface area contributed by atoms with E-state index in [9.17, 15) is 14.2 Å². The molecule has 37 heavy (non-hydrogen) atoms. The van der Waals surface area contributed by atoms with E-state index in [1.165, 1.54) is 6.92 Å². The highest BCUT2D eigenvalue weighted by molar-refractivity contribution is 7.79. The maximum Gasteiger partial charge on any atom is 0.472 e. The summed E-state index contributed by atoms with van der Waals surface area (Å²) < 4.78 is 30.2. The molecule has 0 aliphatic heterocycles. The van der Waals surface area contributed by atoms with Gasteiger partial charge in [0.25, 0.3) is 5.97 Å². The molecule has 0 aromatic rings. The first kappa shape index (κ1) is 48.2. The molecule has 0 aromatic carbocycles. The number of esters is 1. The Hall–Kier alpha value is -1.89. The van der Waals surface area contributed by atoms with Gasteiger partial charge in [-0.05, 0) is 27.2 Å². The number of aldehydes is 1. The standard InChI is InChI=1S/C9H14O2.C8H18NO6P.C2H4O2.C2H6.C2H2.CH4S/c1-4-9(2,3)8-11-7-5-6-10;1-8(10)13-5-3-6-14-16(11,12)15-7-4-9-2;1-2(3)4;3*1-2/h1,6H,5,7-8H2,2-3H3;9H,3-7H2,1-2H3,(H,11,12);1H3,(H,3,4);1-2H3;1-2H;2H,1H3. The lowest BCUT2D eigenvalue weighted by Crippen LogP contribution is -2.17. The molecule has 0 radical (unpaired) electrons. The van der Waals surface area contributed by atoms with E-state index in [-0.39, 0.29) is 25.2 Å². The van der Waals surface area contributed by atoms with Crippen LogP contribution in [0.4, 0.5) is 0 Å². The van der Waals surface area contributed by atoms with E-state index in [0.29, 0.717) is 32.6 Å². The molecule has 0 aliphatic carbocycles. The number of carboxylic acids is 1. The second-order valence-corrected chi connectivity index (χ2v) is 7.94. The Kier molecular flexibility index (Phi) is 50.3. The summed E-state index contributed by atoms with van der Waals surface area (Å²) in [5.74, 6) is 1.38. The van der Waals surface area contributed by atoms with Crippen LogP contribution in [0.5, 0.6) is 0 Å². The average molecular weight is 574 g/mol. The van der Waals surface area contributed by atoms with Gasteiger partial charge in [0.05, 0.1) is 33.0 Å². The minimum absolute atomic E-state index is 0.000606. The van der Waals surface area contributed by atoms with Gasteiger partial charge in [0.1, 0.15) is 6.29 Å². The lowest BCUT2D eigenvalue weighted by molar-refractivity contribution is -0.141. The number of likely N-dealkylation sites (N-methyl/N-ethyl adjacent to an activating group) is 1. The Morgan fingerprint density at radius 1 is 1.08 bits per heavy atom. The topological polar surface area (TPSA) is 158 Å². The number of ether oxygens (including phenoxy) is 2. The van der Waals surface area contributed by atoms with Gasteiger partial charge in [-0.15, -0.1) is 19.3 Å². The van der Waals surface area contributed by atoms with Crippen LogP contribution in [0.15, 0.2) is 0 Å². The van der Waals surface area contributed by atoms with Crippen molar-refractivity contribution in [2.45, 2.75) is 54.4 Å². The third-order valence-electron chi connectivity index (χ3n) is 2.69. The Morgan fingerprint density at radius 2 is 1.54 bits per heavy atom. The van der Waals surface area contributed by atoms with E-state index in [2.05, 4.69) is 50.5 Å². The zero-order valence-electron chi connectivity index (χ0n) is 23.5. The summed E-state index contributed by atoms with van der Waals surface area (Å²) in [5, 5.41) is 10.2. The number of aliphatic carboxylic acids is 1. The number of thiol groups is 1. The number of carbonyl (C=O) groups excluding carboxylic acids is 2. The number of nitrogens with one attached hydrogen (secondary N) is 1. The number of hydrogen-bond donors (Lipinski definition) is 4. The van der Waals surface area contributed by atoms with Crippen molar-refractivity contribution in [1.29, 1.82) is 0 Å². The van der Waals surface area contributed by atoms with E-state index in [4.69, 9.17) is 26.0 Å². The Balaban J connectivity index is -0.0000000989. The summed E-state index contributed by atoms with van der Waals surface area (Å²) in [4.78, 5) is 38.4.